The molecular weight excluding hydrogens is 278 g/mol. The Morgan fingerprint density at radius 1 is 1.30 bits per heavy atom. The number of hydrogen-bond donors (Lipinski definition) is 2. The molecule has 0 fully saturated rings. The monoisotopic (exact) mass is 295 g/mol. The SMILES string of the molecule is COc1cc(C)c(C)cc1S(=O)(=O)NCc1ncc[nH]1. The number of ether oxygens (including phenoxy) is 1. The quantitative estimate of drug-likeness (QED) is 0.876. The van der Waals surface area contributed by atoms with E-state index in [9.17, 15) is 8.42 Å². The van der Waals surface area contributed by atoms with Crippen LogP contribution in [0.15, 0.2) is 29.4 Å². The molecule has 7 heteroatoms. The molecule has 0 saturated heterocycles. The second-order valence-corrected chi connectivity index (χ2v) is 6.18. The van der Waals surface area contributed by atoms with E-state index in [1.807, 2.05) is 13.8 Å². The van der Waals surface area contributed by atoms with Crippen LogP contribution in [0.2, 0.25) is 0 Å². The van der Waals surface area contributed by atoms with Gasteiger partial charge in [-0.05, 0) is 37.1 Å². The summed E-state index contributed by atoms with van der Waals surface area (Å²) in [5.74, 6) is 0.886. The van der Waals surface area contributed by atoms with Crippen LogP contribution < -0.4 is 9.46 Å². The van der Waals surface area contributed by atoms with Gasteiger partial charge in [-0.25, -0.2) is 18.1 Å². The fourth-order valence-electron chi connectivity index (χ4n) is 1.77. The van der Waals surface area contributed by atoms with Crippen LogP contribution in [0, 0.1) is 13.8 Å². The number of H-pyrrole nitrogens is 1. The molecule has 1 aromatic heterocycles. The number of nitrogens with zero attached hydrogens (tertiary/aromatic N) is 1. The van der Waals surface area contributed by atoms with Gasteiger partial charge in [0.25, 0.3) is 0 Å². The van der Waals surface area contributed by atoms with Crippen molar-refractivity contribution >= 4 is 10.0 Å². The van der Waals surface area contributed by atoms with Crippen LogP contribution in [0.5, 0.6) is 5.75 Å². The van der Waals surface area contributed by atoms with Gasteiger partial charge in [-0.1, -0.05) is 0 Å². The Labute approximate surface area is 118 Å². The molecule has 0 aliphatic heterocycles. The van der Waals surface area contributed by atoms with Crippen molar-refractivity contribution in [2.24, 2.45) is 0 Å². The fraction of sp³-hybridized carbons (Fsp3) is 0.308. The third-order valence-corrected chi connectivity index (χ3v) is 4.48. The summed E-state index contributed by atoms with van der Waals surface area (Å²) >= 11 is 0. The second-order valence-electron chi connectivity index (χ2n) is 4.45. The first-order chi connectivity index (χ1) is 9.44. The molecule has 1 heterocycles. The maximum Gasteiger partial charge on any atom is 0.244 e. The molecular formula is C13H17N3O3S. The summed E-state index contributed by atoms with van der Waals surface area (Å²) in [6.45, 7) is 3.87. The summed E-state index contributed by atoms with van der Waals surface area (Å²) in [6, 6.07) is 3.33. The molecule has 6 nitrogen and oxygen atoms in total. The van der Waals surface area contributed by atoms with E-state index in [0.717, 1.165) is 11.1 Å². The molecule has 20 heavy (non-hydrogen) atoms. The molecule has 0 radical (unpaired) electrons. The van der Waals surface area contributed by atoms with E-state index in [2.05, 4.69) is 14.7 Å². The number of hydrogen-bond acceptors (Lipinski definition) is 4. The minimum atomic E-state index is -3.65. The zero-order chi connectivity index (χ0) is 14.8. The van der Waals surface area contributed by atoms with E-state index in [4.69, 9.17) is 4.74 Å². The molecule has 0 spiro atoms. The molecule has 0 aliphatic carbocycles. The Morgan fingerprint density at radius 3 is 2.60 bits per heavy atom. The molecule has 0 bridgehead atoms. The number of nitrogens with one attached hydrogen (secondary N) is 2. The van der Waals surface area contributed by atoms with Gasteiger partial charge in [0.05, 0.1) is 13.7 Å². The standard InChI is InChI=1S/C13H17N3O3S/c1-9-6-11(19-3)12(7-10(9)2)20(17,18)16-8-13-14-4-5-15-13/h4-7,16H,8H2,1-3H3,(H,14,15). The van der Waals surface area contributed by atoms with Crippen LogP contribution in [-0.2, 0) is 16.6 Å². The Morgan fingerprint density at radius 2 is 2.00 bits per heavy atom. The summed E-state index contributed by atoms with van der Waals surface area (Å²) in [6.07, 6.45) is 3.21. The average molecular weight is 295 g/mol. The van der Waals surface area contributed by atoms with Crippen molar-refractivity contribution in [3.63, 3.8) is 0 Å². The third-order valence-electron chi connectivity index (χ3n) is 3.05. The highest BCUT2D eigenvalue weighted by molar-refractivity contribution is 7.89. The van der Waals surface area contributed by atoms with E-state index < -0.39 is 10.0 Å². The normalized spacial score (nSPS) is 11.6. The topological polar surface area (TPSA) is 84.1 Å². The first-order valence-electron chi connectivity index (χ1n) is 6.07. The van der Waals surface area contributed by atoms with Crippen molar-refractivity contribution in [1.82, 2.24) is 14.7 Å². The van der Waals surface area contributed by atoms with E-state index in [0.29, 0.717) is 11.6 Å². The lowest BCUT2D eigenvalue weighted by atomic mass is 10.1. The van der Waals surface area contributed by atoms with Gasteiger partial charge < -0.3 is 9.72 Å². The molecule has 108 valence electrons. The van der Waals surface area contributed by atoms with Crippen LogP contribution in [-0.4, -0.2) is 25.5 Å². The second kappa shape index (κ2) is 5.64. The highest BCUT2D eigenvalue weighted by Gasteiger charge is 2.20. The van der Waals surface area contributed by atoms with E-state index in [-0.39, 0.29) is 11.4 Å². The predicted molar refractivity (Wildman–Crippen MR) is 75.1 cm³/mol. The summed E-state index contributed by atoms with van der Waals surface area (Å²) in [5, 5.41) is 0. The predicted octanol–water partition coefficient (Wildman–Crippen LogP) is 1.51. The highest BCUT2D eigenvalue weighted by atomic mass is 32.2. The number of imidazole rings is 1. The number of aromatic nitrogens is 2. The van der Waals surface area contributed by atoms with Gasteiger partial charge in [-0.2, -0.15) is 0 Å². The van der Waals surface area contributed by atoms with Crippen molar-refractivity contribution in [1.29, 1.82) is 0 Å². The summed E-state index contributed by atoms with van der Waals surface area (Å²) in [4.78, 5) is 6.95. The highest BCUT2D eigenvalue weighted by Crippen LogP contribution is 2.27. The van der Waals surface area contributed by atoms with Crippen LogP contribution in [0.25, 0.3) is 0 Å². The van der Waals surface area contributed by atoms with Crippen LogP contribution in [0.1, 0.15) is 17.0 Å². The molecule has 2 rings (SSSR count). The van der Waals surface area contributed by atoms with Crippen molar-refractivity contribution < 1.29 is 13.2 Å². The molecule has 2 N–H and O–H groups in total. The van der Waals surface area contributed by atoms with E-state index >= 15 is 0 Å². The number of sulfonamides is 1. The Bertz CT molecular complexity index is 694. The zero-order valence-electron chi connectivity index (χ0n) is 11.6. The number of methoxy groups -OCH3 is 1. The largest absolute Gasteiger partial charge is 0.495 e. The maximum atomic E-state index is 12.3. The minimum absolute atomic E-state index is 0.103. The van der Waals surface area contributed by atoms with Crippen molar-refractivity contribution in [3.8, 4) is 5.75 Å². The lowest BCUT2D eigenvalue weighted by Crippen LogP contribution is -2.24. The molecule has 0 aliphatic rings. The third kappa shape index (κ3) is 3.00. The number of benzene rings is 1. The van der Waals surface area contributed by atoms with Crippen molar-refractivity contribution in [3.05, 3.63) is 41.5 Å². The van der Waals surface area contributed by atoms with Crippen LogP contribution >= 0.6 is 0 Å². The van der Waals surface area contributed by atoms with Gasteiger partial charge in [-0.15, -0.1) is 0 Å². The molecule has 1 aromatic carbocycles. The first-order valence-corrected chi connectivity index (χ1v) is 7.55. The lowest BCUT2D eigenvalue weighted by Gasteiger charge is -2.12. The van der Waals surface area contributed by atoms with Crippen LogP contribution in [0.4, 0.5) is 0 Å². The Hall–Kier alpha value is -1.86. The summed E-state index contributed by atoms with van der Waals surface area (Å²) in [7, 11) is -2.20. The van der Waals surface area contributed by atoms with Gasteiger partial charge in [0, 0.05) is 12.4 Å². The molecule has 0 amide bonds. The van der Waals surface area contributed by atoms with Crippen molar-refractivity contribution in [2.45, 2.75) is 25.3 Å². The first kappa shape index (κ1) is 14.5. The zero-order valence-corrected chi connectivity index (χ0v) is 12.4. The molecule has 2 aromatic rings. The van der Waals surface area contributed by atoms with Crippen LogP contribution in [0.3, 0.4) is 0 Å². The van der Waals surface area contributed by atoms with Gasteiger partial charge in [0.15, 0.2) is 0 Å². The molecule has 0 saturated carbocycles. The van der Waals surface area contributed by atoms with Gasteiger partial charge in [-0.3, -0.25) is 0 Å². The van der Waals surface area contributed by atoms with E-state index in [1.54, 1.807) is 24.5 Å². The molecule has 0 atom stereocenters. The number of aromatic amines is 1. The van der Waals surface area contributed by atoms with E-state index in [1.165, 1.54) is 7.11 Å². The fourth-order valence-corrected chi connectivity index (χ4v) is 2.99. The number of rotatable bonds is 5. The van der Waals surface area contributed by atoms with Crippen molar-refractivity contribution in [2.75, 3.05) is 7.11 Å². The smallest absolute Gasteiger partial charge is 0.244 e. The number of aryl methyl sites for hydroxylation is 2. The summed E-state index contributed by atoms with van der Waals surface area (Å²) in [5.41, 5.74) is 1.87. The maximum absolute atomic E-state index is 12.3. The lowest BCUT2D eigenvalue weighted by molar-refractivity contribution is 0.401. The Balaban J connectivity index is 2.31. The van der Waals surface area contributed by atoms with Gasteiger partial charge in [0.1, 0.15) is 16.5 Å². The van der Waals surface area contributed by atoms with Gasteiger partial charge in [0.2, 0.25) is 10.0 Å². The average Bonchev–Trinajstić information content (AvgIpc) is 2.92. The molecule has 0 unspecified atom stereocenters. The Kier molecular flexibility index (Phi) is 4.10. The van der Waals surface area contributed by atoms with Gasteiger partial charge >= 0.3 is 0 Å². The minimum Gasteiger partial charge on any atom is -0.495 e. The summed E-state index contributed by atoms with van der Waals surface area (Å²) < 4.78 is 32.3.